The van der Waals surface area contributed by atoms with Crippen molar-refractivity contribution < 1.29 is 17.9 Å². The Morgan fingerprint density at radius 1 is 1.16 bits per heavy atom. The minimum absolute atomic E-state index is 0.250. The van der Waals surface area contributed by atoms with Gasteiger partial charge in [-0.15, -0.1) is 0 Å². The molecule has 1 heterocycles. The van der Waals surface area contributed by atoms with Gasteiger partial charge >= 0.3 is 0 Å². The first-order valence-electron chi connectivity index (χ1n) is 11.3. The van der Waals surface area contributed by atoms with Crippen molar-refractivity contribution in [2.45, 2.75) is 71.1 Å². The number of hydrogen-bond donors (Lipinski definition) is 1. The molecule has 0 spiro atoms. The molecule has 1 aliphatic rings. The van der Waals surface area contributed by atoms with Crippen molar-refractivity contribution >= 4 is 21.6 Å². The van der Waals surface area contributed by atoms with Crippen molar-refractivity contribution in [2.75, 3.05) is 10.6 Å². The van der Waals surface area contributed by atoms with Crippen LogP contribution in [-0.2, 0) is 14.8 Å². The van der Waals surface area contributed by atoms with Crippen LogP contribution in [0.1, 0.15) is 63.6 Å². The summed E-state index contributed by atoms with van der Waals surface area (Å²) in [4.78, 5) is 13.5. The highest BCUT2D eigenvalue weighted by Crippen LogP contribution is 2.42. The Balaban J connectivity index is 1.96. The number of benzene rings is 2. The van der Waals surface area contributed by atoms with E-state index in [0.717, 1.165) is 36.0 Å². The third kappa shape index (κ3) is 4.93. The molecule has 7 heteroatoms. The molecule has 0 saturated heterocycles. The van der Waals surface area contributed by atoms with Gasteiger partial charge in [0.15, 0.2) is 0 Å². The van der Waals surface area contributed by atoms with Gasteiger partial charge in [-0.1, -0.05) is 51.1 Å². The number of carbonyl (C=O) groups excluding carboxylic acids is 1. The van der Waals surface area contributed by atoms with Crippen LogP contribution in [0.25, 0.3) is 0 Å². The maximum Gasteiger partial charge on any atom is 0.244 e. The van der Waals surface area contributed by atoms with Crippen LogP contribution in [0.5, 0.6) is 5.75 Å². The van der Waals surface area contributed by atoms with Gasteiger partial charge in [-0.25, -0.2) is 8.42 Å². The average molecular weight is 459 g/mol. The van der Waals surface area contributed by atoms with E-state index in [9.17, 15) is 13.2 Å². The smallest absolute Gasteiger partial charge is 0.244 e. The van der Waals surface area contributed by atoms with Gasteiger partial charge in [0, 0.05) is 12.0 Å². The van der Waals surface area contributed by atoms with Gasteiger partial charge < -0.3 is 10.1 Å². The lowest BCUT2D eigenvalue weighted by atomic mass is 9.83. The highest BCUT2D eigenvalue weighted by molar-refractivity contribution is 7.92. The summed E-state index contributed by atoms with van der Waals surface area (Å²) in [7, 11) is -3.68. The lowest BCUT2D eigenvalue weighted by molar-refractivity contribution is -0.123. The van der Waals surface area contributed by atoms with Crippen LogP contribution in [0.15, 0.2) is 48.5 Å². The minimum atomic E-state index is -3.68. The minimum Gasteiger partial charge on any atom is -0.487 e. The lowest BCUT2D eigenvalue weighted by Crippen LogP contribution is -2.52. The molecule has 0 aromatic heterocycles. The molecule has 0 bridgehead atoms. The third-order valence-electron chi connectivity index (χ3n) is 6.39. The molecule has 0 unspecified atom stereocenters. The van der Waals surface area contributed by atoms with Crippen molar-refractivity contribution in [2.24, 2.45) is 0 Å². The molecular formula is C25H34N2O4S. The molecule has 6 nitrogen and oxygen atoms in total. The molecule has 32 heavy (non-hydrogen) atoms. The maximum atomic E-state index is 13.5. The first-order chi connectivity index (χ1) is 15.1. The van der Waals surface area contributed by atoms with Crippen LogP contribution in [0, 0.1) is 6.92 Å². The molecule has 2 aromatic rings. The van der Waals surface area contributed by atoms with Crippen molar-refractivity contribution in [3.8, 4) is 5.75 Å². The molecule has 2 atom stereocenters. The van der Waals surface area contributed by atoms with E-state index in [4.69, 9.17) is 4.74 Å². The quantitative estimate of drug-likeness (QED) is 0.620. The van der Waals surface area contributed by atoms with E-state index in [2.05, 4.69) is 19.2 Å². The maximum absolute atomic E-state index is 13.5. The van der Waals surface area contributed by atoms with E-state index >= 15 is 0 Å². The molecule has 3 rings (SSSR count). The van der Waals surface area contributed by atoms with Gasteiger partial charge in [0.2, 0.25) is 15.9 Å². The molecule has 0 fully saturated rings. The number of hydrogen-bond acceptors (Lipinski definition) is 4. The van der Waals surface area contributed by atoms with E-state index in [-0.39, 0.29) is 17.6 Å². The molecule has 0 saturated carbocycles. The number of amides is 1. The summed E-state index contributed by atoms with van der Waals surface area (Å²) in [5, 5.41) is 3.16. The molecule has 0 aliphatic carbocycles. The molecule has 1 N–H and O–H groups in total. The first-order valence-corrected chi connectivity index (χ1v) is 13.1. The standard InChI is InChI=1S/C25H34N2O4S/c1-6-22(27(32(5,29)30)19-13-11-12-18(4)16-19)24(28)26-21-17-25(7-2,8-3)31-23-15-10-9-14-20(21)23/h9-16,21-22H,6-8,17H2,1-5H3,(H,26,28)/t21-,22+/m0/s1. The predicted octanol–water partition coefficient (Wildman–Crippen LogP) is 4.74. The summed E-state index contributed by atoms with van der Waals surface area (Å²) in [6, 6.07) is 13.9. The number of anilines is 1. The summed E-state index contributed by atoms with van der Waals surface area (Å²) in [6.45, 7) is 7.92. The Morgan fingerprint density at radius 2 is 1.84 bits per heavy atom. The zero-order valence-electron chi connectivity index (χ0n) is 19.6. The van der Waals surface area contributed by atoms with Gasteiger partial charge in [-0.2, -0.15) is 0 Å². The van der Waals surface area contributed by atoms with Crippen molar-refractivity contribution in [1.82, 2.24) is 5.32 Å². The van der Waals surface area contributed by atoms with E-state index in [1.807, 2.05) is 44.2 Å². The number of aryl methyl sites for hydroxylation is 1. The van der Waals surface area contributed by atoms with Crippen LogP contribution in [0.3, 0.4) is 0 Å². The number of ether oxygens (including phenoxy) is 1. The fraction of sp³-hybridized carbons (Fsp3) is 0.480. The Morgan fingerprint density at radius 3 is 2.44 bits per heavy atom. The van der Waals surface area contributed by atoms with E-state index < -0.39 is 16.1 Å². The Kier molecular flexibility index (Phi) is 7.18. The van der Waals surface area contributed by atoms with Crippen LogP contribution in [-0.4, -0.2) is 32.2 Å². The van der Waals surface area contributed by atoms with Gasteiger partial charge in [-0.05, 0) is 49.9 Å². The topological polar surface area (TPSA) is 75.7 Å². The van der Waals surface area contributed by atoms with Crippen molar-refractivity contribution in [1.29, 1.82) is 0 Å². The zero-order chi connectivity index (χ0) is 23.5. The summed E-state index contributed by atoms with van der Waals surface area (Å²) >= 11 is 0. The Bertz CT molecular complexity index is 1060. The van der Waals surface area contributed by atoms with E-state index in [1.54, 1.807) is 18.2 Å². The van der Waals surface area contributed by atoms with E-state index in [0.29, 0.717) is 18.5 Å². The number of rotatable bonds is 8. The van der Waals surface area contributed by atoms with Crippen LogP contribution < -0.4 is 14.4 Å². The molecule has 174 valence electrons. The molecule has 2 aromatic carbocycles. The number of fused-ring (bicyclic) bond motifs is 1. The fourth-order valence-electron chi connectivity index (χ4n) is 4.52. The summed E-state index contributed by atoms with van der Waals surface area (Å²) in [5.41, 5.74) is 2.00. The highest BCUT2D eigenvalue weighted by atomic mass is 32.2. The number of sulfonamides is 1. The predicted molar refractivity (Wildman–Crippen MR) is 128 cm³/mol. The Hall–Kier alpha value is -2.54. The fourth-order valence-corrected chi connectivity index (χ4v) is 5.73. The van der Waals surface area contributed by atoms with Gasteiger partial charge in [0.25, 0.3) is 0 Å². The summed E-state index contributed by atoms with van der Waals surface area (Å²) < 4.78 is 33.1. The molecule has 1 aliphatic heterocycles. The number of para-hydroxylation sites is 1. The van der Waals surface area contributed by atoms with Crippen LogP contribution >= 0.6 is 0 Å². The average Bonchev–Trinajstić information content (AvgIpc) is 2.76. The number of nitrogens with one attached hydrogen (secondary N) is 1. The summed E-state index contributed by atoms with van der Waals surface area (Å²) in [5.74, 6) is 0.474. The molecule has 0 radical (unpaired) electrons. The van der Waals surface area contributed by atoms with Crippen LogP contribution in [0.2, 0.25) is 0 Å². The zero-order valence-corrected chi connectivity index (χ0v) is 20.4. The SMILES string of the molecule is CC[C@H](C(=O)N[C@H]1CC(CC)(CC)Oc2ccccc21)N(c1cccc(C)c1)S(C)(=O)=O. The van der Waals surface area contributed by atoms with Crippen LogP contribution in [0.4, 0.5) is 5.69 Å². The molecule has 1 amide bonds. The Labute approximate surface area is 192 Å². The highest BCUT2D eigenvalue weighted by Gasteiger charge is 2.40. The largest absolute Gasteiger partial charge is 0.487 e. The summed E-state index contributed by atoms with van der Waals surface area (Å²) in [6.07, 6.45) is 3.78. The third-order valence-corrected chi connectivity index (χ3v) is 7.57. The second-order valence-corrected chi connectivity index (χ2v) is 10.5. The van der Waals surface area contributed by atoms with E-state index in [1.165, 1.54) is 4.31 Å². The monoisotopic (exact) mass is 458 g/mol. The second kappa shape index (κ2) is 9.53. The van der Waals surface area contributed by atoms with Crippen molar-refractivity contribution in [3.63, 3.8) is 0 Å². The second-order valence-electron chi connectivity index (χ2n) is 8.62. The molecular weight excluding hydrogens is 424 g/mol. The van der Waals surface area contributed by atoms with Gasteiger partial charge in [0.05, 0.1) is 18.0 Å². The van der Waals surface area contributed by atoms with Crippen molar-refractivity contribution in [3.05, 3.63) is 59.7 Å². The number of nitrogens with zero attached hydrogens (tertiary/aromatic N) is 1. The van der Waals surface area contributed by atoms with Gasteiger partial charge in [0.1, 0.15) is 17.4 Å². The lowest BCUT2D eigenvalue weighted by Gasteiger charge is -2.42. The number of carbonyl (C=O) groups is 1. The first kappa shape index (κ1) is 24.1. The van der Waals surface area contributed by atoms with Gasteiger partial charge in [-0.3, -0.25) is 9.10 Å². The normalized spacial score (nSPS) is 18.2.